The molecule has 0 saturated carbocycles. The van der Waals surface area contributed by atoms with Crippen LogP contribution in [0.25, 0.3) is 32.1 Å². The molecule has 2 N–H and O–H groups in total. The number of fused-ring (bicyclic) bond motifs is 2. The van der Waals surface area contributed by atoms with Crippen LogP contribution in [0.15, 0.2) is 18.2 Å². The van der Waals surface area contributed by atoms with E-state index in [4.69, 9.17) is 27.1 Å². The van der Waals surface area contributed by atoms with Crippen molar-refractivity contribution in [1.29, 1.82) is 5.26 Å². The molecule has 4 aromatic rings. The molecule has 218 valence electrons. The lowest BCUT2D eigenvalue weighted by Gasteiger charge is -2.37. The number of rotatable bonds is 11. The molecule has 10 heteroatoms. The smallest absolute Gasteiger partial charge is 0.318 e. The molecule has 0 amide bonds. The minimum absolute atomic E-state index is 0.0171. The largest absolute Gasteiger partial charge is 0.467 e. The second-order valence-corrected chi connectivity index (χ2v) is 12.0. The van der Waals surface area contributed by atoms with E-state index in [-0.39, 0.29) is 54.4 Å². The summed E-state index contributed by atoms with van der Waals surface area (Å²) in [6, 6.07) is 6.54. The Morgan fingerprint density at radius 2 is 1.88 bits per heavy atom. The van der Waals surface area contributed by atoms with Gasteiger partial charge in [-0.05, 0) is 49.3 Å². The zero-order valence-corrected chi connectivity index (χ0v) is 25.9. The standard InChI is InChI=1S/C31H36ClF2N5OS/c1-7-16(4)10-13-23(17(5)8-2)39(9-3)30-19-14-21(32)25(26(34)27(19)37-31(38-30)40-6)18-11-12-22(33)28-24(18)20(15-35)29(36)41-28/h11-12,14,16-17,23H,7-10,13,36H2,1-6H3/t16?,17-,23-/m1/s1. The zero-order valence-electron chi connectivity index (χ0n) is 24.3. The van der Waals surface area contributed by atoms with Gasteiger partial charge in [-0.3, -0.25) is 0 Å². The Labute approximate surface area is 249 Å². The van der Waals surface area contributed by atoms with Crippen molar-refractivity contribution >= 4 is 54.7 Å². The highest BCUT2D eigenvalue weighted by Gasteiger charge is 2.29. The molecule has 0 aliphatic rings. The lowest BCUT2D eigenvalue weighted by molar-refractivity contribution is 0.353. The van der Waals surface area contributed by atoms with E-state index in [0.29, 0.717) is 29.6 Å². The molecule has 2 aromatic carbocycles. The van der Waals surface area contributed by atoms with Crippen molar-refractivity contribution in [3.63, 3.8) is 0 Å². The number of benzene rings is 2. The maximum Gasteiger partial charge on any atom is 0.318 e. The highest BCUT2D eigenvalue weighted by molar-refractivity contribution is 7.23. The Bertz CT molecular complexity index is 1620. The van der Waals surface area contributed by atoms with Gasteiger partial charge in [-0.1, -0.05) is 58.2 Å². The van der Waals surface area contributed by atoms with Gasteiger partial charge in [0.15, 0.2) is 5.82 Å². The SMILES string of the molecule is CCC(C)CC[C@H]([C@H](C)CC)N(CC)c1nc(OC)nc2c(F)c(-c3ccc(F)c4sc(N)c(C#N)c34)c(Cl)cc12. The lowest BCUT2D eigenvalue weighted by Crippen LogP contribution is -2.41. The van der Waals surface area contributed by atoms with Crippen molar-refractivity contribution in [2.45, 2.75) is 66.3 Å². The first kappa shape index (κ1) is 30.7. The van der Waals surface area contributed by atoms with E-state index in [2.05, 4.69) is 44.5 Å². The van der Waals surface area contributed by atoms with Gasteiger partial charge >= 0.3 is 6.01 Å². The molecule has 2 aromatic heterocycles. The van der Waals surface area contributed by atoms with Crippen LogP contribution in [0.4, 0.5) is 19.6 Å². The highest BCUT2D eigenvalue weighted by Crippen LogP contribution is 2.46. The molecular formula is C31H36ClF2N5OS. The summed E-state index contributed by atoms with van der Waals surface area (Å²) in [5.41, 5.74) is 6.44. The van der Waals surface area contributed by atoms with E-state index in [1.165, 1.54) is 19.2 Å². The topological polar surface area (TPSA) is 88.1 Å². The summed E-state index contributed by atoms with van der Waals surface area (Å²) in [5, 5.41) is 10.7. The van der Waals surface area contributed by atoms with Crippen LogP contribution in [0.5, 0.6) is 6.01 Å². The van der Waals surface area contributed by atoms with E-state index in [0.717, 1.165) is 37.0 Å². The number of nitrogens with two attached hydrogens (primary N) is 1. The molecule has 41 heavy (non-hydrogen) atoms. The molecule has 0 saturated heterocycles. The molecule has 1 unspecified atom stereocenters. The third-order valence-corrected chi connectivity index (χ3v) is 9.52. The van der Waals surface area contributed by atoms with E-state index in [1.54, 1.807) is 6.07 Å². The van der Waals surface area contributed by atoms with Crippen molar-refractivity contribution in [2.24, 2.45) is 11.8 Å². The molecule has 4 rings (SSSR count). The maximum absolute atomic E-state index is 16.6. The Balaban J connectivity index is 1.99. The third-order valence-electron chi connectivity index (χ3n) is 8.19. The number of ether oxygens (including phenoxy) is 1. The van der Waals surface area contributed by atoms with Gasteiger partial charge in [0.05, 0.1) is 22.4 Å². The minimum atomic E-state index is -0.702. The number of hydrogen-bond donors (Lipinski definition) is 1. The fourth-order valence-corrected chi connectivity index (χ4v) is 6.69. The molecule has 0 spiro atoms. The van der Waals surface area contributed by atoms with Gasteiger partial charge in [0, 0.05) is 28.9 Å². The fraction of sp³-hybridized carbons (Fsp3) is 0.452. The first-order valence-electron chi connectivity index (χ1n) is 14.0. The van der Waals surface area contributed by atoms with Crippen molar-refractivity contribution in [1.82, 2.24) is 9.97 Å². The van der Waals surface area contributed by atoms with Gasteiger partial charge in [0.1, 0.15) is 28.2 Å². The van der Waals surface area contributed by atoms with Gasteiger partial charge in [0.25, 0.3) is 0 Å². The Morgan fingerprint density at radius 1 is 1.15 bits per heavy atom. The Hall–Kier alpha value is -3.22. The van der Waals surface area contributed by atoms with Gasteiger partial charge in [-0.15, -0.1) is 11.3 Å². The van der Waals surface area contributed by atoms with Crippen LogP contribution in [0, 0.1) is 34.8 Å². The molecule has 2 heterocycles. The first-order chi connectivity index (χ1) is 19.6. The summed E-state index contributed by atoms with van der Waals surface area (Å²) in [6.45, 7) is 11.6. The molecular weight excluding hydrogens is 564 g/mol. The van der Waals surface area contributed by atoms with Crippen molar-refractivity contribution < 1.29 is 13.5 Å². The lowest BCUT2D eigenvalue weighted by atomic mass is 9.89. The Morgan fingerprint density at radius 3 is 2.49 bits per heavy atom. The molecule has 0 radical (unpaired) electrons. The van der Waals surface area contributed by atoms with Crippen LogP contribution in [0.1, 0.15) is 65.9 Å². The van der Waals surface area contributed by atoms with E-state index in [9.17, 15) is 9.65 Å². The van der Waals surface area contributed by atoms with Crippen LogP contribution in [-0.2, 0) is 0 Å². The van der Waals surface area contributed by atoms with E-state index in [1.807, 2.05) is 6.07 Å². The fourth-order valence-electron chi connectivity index (χ4n) is 5.45. The van der Waals surface area contributed by atoms with Crippen LogP contribution in [0.2, 0.25) is 5.02 Å². The monoisotopic (exact) mass is 599 g/mol. The van der Waals surface area contributed by atoms with Crippen LogP contribution < -0.4 is 15.4 Å². The molecule has 6 nitrogen and oxygen atoms in total. The van der Waals surface area contributed by atoms with Crippen LogP contribution in [-0.4, -0.2) is 29.7 Å². The molecule has 0 aliphatic carbocycles. The first-order valence-corrected chi connectivity index (χ1v) is 15.2. The van der Waals surface area contributed by atoms with E-state index < -0.39 is 11.6 Å². The second kappa shape index (κ2) is 12.7. The average Bonchev–Trinajstić information content (AvgIpc) is 3.32. The van der Waals surface area contributed by atoms with Crippen molar-refractivity contribution in [3.8, 4) is 23.2 Å². The van der Waals surface area contributed by atoms with Crippen LogP contribution >= 0.6 is 22.9 Å². The van der Waals surface area contributed by atoms with Gasteiger partial charge < -0.3 is 15.4 Å². The van der Waals surface area contributed by atoms with E-state index >= 15 is 4.39 Å². The summed E-state index contributed by atoms with van der Waals surface area (Å²) in [6.07, 6.45) is 4.11. The average molecular weight is 600 g/mol. The number of aromatic nitrogens is 2. The molecule has 0 fully saturated rings. The quantitative estimate of drug-likeness (QED) is 0.185. The number of anilines is 2. The number of nitrogen functional groups attached to an aromatic ring is 1. The number of hydrogen-bond acceptors (Lipinski definition) is 7. The predicted octanol–water partition coefficient (Wildman–Crippen LogP) is 8.97. The minimum Gasteiger partial charge on any atom is -0.467 e. The maximum atomic E-state index is 16.6. The van der Waals surface area contributed by atoms with Gasteiger partial charge in [-0.2, -0.15) is 15.2 Å². The second-order valence-electron chi connectivity index (χ2n) is 10.6. The third kappa shape index (κ3) is 5.64. The zero-order chi connectivity index (χ0) is 30.0. The van der Waals surface area contributed by atoms with Gasteiger partial charge in [-0.25, -0.2) is 8.78 Å². The van der Waals surface area contributed by atoms with Crippen molar-refractivity contribution in [3.05, 3.63) is 40.4 Å². The van der Waals surface area contributed by atoms with Crippen LogP contribution in [0.3, 0.4) is 0 Å². The normalized spacial score (nSPS) is 13.8. The number of nitriles is 1. The molecule has 0 bridgehead atoms. The predicted molar refractivity (Wildman–Crippen MR) is 166 cm³/mol. The summed E-state index contributed by atoms with van der Waals surface area (Å²) >= 11 is 7.77. The van der Waals surface area contributed by atoms with Crippen molar-refractivity contribution in [2.75, 3.05) is 24.3 Å². The number of methoxy groups -OCH3 is 1. The summed E-state index contributed by atoms with van der Waals surface area (Å²) in [5.74, 6) is 0.251. The molecule has 0 aliphatic heterocycles. The van der Waals surface area contributed by atoms with Gasteiger partial charge in [0.2, 0.25) is 0 Å². The number of nitrogens with zero attached hydrogens (tertiary/aromatic N) is 4. The highest BCUT2D eigenvalue weighted by atomic mass is 35.5. The summed E-state index contributed by atoms with van der Waals surface area (Å²) in [7, 11) is 1.45. The Kier molecular flexibility index (Phi) is 9.55. The number of thiophene rings is 1. The summed E-state index contributed by atoms with van der Waals surface area (Å²) < 4.78 is 37.0. The molecule has 3 atom stereocenters. The summed E-state index contributed by atoms with van der Waals surface area (Å²) in [4.78, 5) is 11.3. The number of halogens is 3.